The van der Waals surface area contributed by atoms with Gasteiger partial charge >= 0.3 is 0 Å². The Balaban J connectivity index is 2.53. The summed E-state index contributed by atoms with van der Waals surface area (Å²) in [6.07, 6.45) is 0. The number of hydrogen-bond acceptors (Lipinski definition) is 3. The van der Waals surface area contributed by atoms with E-state index < -0.39 is 0 Å². The standard InChI is InChI=1S/C8H8ClNO2/c9-6-3-5(11)4-7-8(6)12-2-1-10-7/h3-4,10-11H,1-2H2. The third kappa shape index (κ3) is 1.16. The number of hydrogen-bond donors (Lipinski definition) is 2. The normalized spacial score (nSPS) is 14.4. The fourth-order valence-corrected chi connectivity index (χ4v) is 1.46. The van der Waals surface area contributed by atoms with Crippen molar-refractivity contribution in [1.29, 1.82) is 0 Å². The molecule has 4 heteroatoms. The Hall–Kier alpha value is -1.09. The summed E-state index contributed by atoms with van der Waals surface area (Å²) in [5.41, 5.74) is 0.756. The van der Waals surface area contributed by atoms with E-state index >= 15 is 0 Å². The Morgan fingerprint density at radius 2 is 2.33 bits per heavy atom. The maximum absolute atomic E-state index is 9.19. The van der Waals surface area contributed by atoms with Gasteiger partial charge in [-0.05, 0) is 0 Å². The van der Waals surface area contributed by atoms with Gasteiger partial charge in [0, 0.05) is 18.7 Å². The molecule has 1 aromatic carbocycles. The Morgan fingerprint density at radius 1 is 1.50 bits per heavy atom. The third-order valence-electron chi connectivity index (χ3n) is 1.69. The zero-order valence-electron chi connectivity index (χ0n) is 6.30. The number of halogens is 1. The molecule has 0 amide bonds. The van der Waals surface area contributed by atoms with Crippen LogP contribution in [0.5, 0.6) is 11.5 Å². The highest BCUT2D eigenvalue weighted by molar-refractivity contribution is 6.32. The number of ether oxygens (including phenoxy) is 1. The molecule has 12 heavy (non-hydrogen) atoms. The van der Waals surface area contributed by atoms with Crippen molar-refractivity contribution in [3.8, 4) is 11.5 Å². The van der Waals surface area contributed by atoms with Gasteiger partial charge in [-0.15, -0.1) is 0 Å². The van der Waals surface area contributed by atoms with Gasteiger partial charge in [0.2, 0.25) is 0 Å². The Labute approximate surface area is 74.9 Å². The minimum Gasteiger partial charge on any atom is -0.508 e. The first-order chi connectivity index (χ1) is 5.77. The molecule has 0 aromatic heterocycles. The lowest BCUT2D eigenvalue weighted by Gasteiger charge is -2.19. The summed E-state index contributed by atoms with van der Waals surface area (Å²) in [7, 11) is 0. The highest BCUT2D eigenvalue weighted by Gasteiger charge is 2.14. The van der Waals surface area contributed by atoms with Crippen LogP contribution in [0.4, 0.5) is 5.69 Å². The van der Waals surface area contributed by atoms with Crippen LogP contribution in [0.25, 0.3) is 0 Å². The second-order valence-electron chi connectivity index (χ2n) is 2.58. The first-order valence-electron chi connectivity index (χ1n) is 3.66. The fourth-order valence-electron chi connectivity index (χ4n) is 1.20. The molecule has 1 aliphatic rings. The van der Waals surface area contributed by atoms with Crippen LogP contribution in [0.2, 0.25) is 5.02 Å². The minimum atomic E-state index is 0.150. The number of benzene rings is 1. The molecule has 1 heterocycles. The van der Waals surface area contributed by atoms with Gasteiger partial charge in [-0.3, -0.25) is 0 Å². The summed E-state index contributed by atoms with van der Waals surface area (Å²) < 4.78 is 5.30. The number of nitrogens with one attached hydrogen (secondary N) is 1. The molecule has 2 rings (SSSR count). The van der Waals surface area contributed by atoms with Gasteiger partial charge in [-0.25, -0.2) is 0 Å². The number of anilines is 1. The van der Waals surface area contributed by atoms with Gasteiger partial charge in [-0.1, -0.05) is 11.6 Å². The van der Waals surface area contributed by atoms with Gasteiger partial charge in [-0.2, -0.15) is 0 Å². The molecular formula is C8H8ClNO2. The zero-order chi connectivity index (χ0) is 8.55. The van der Waals surface area contributed by atoms with Crippen LogP contribution in [-0.2, 0) is 0 Å². The lowest BCUT2D eigenvalue weighted by atomic mass is 10.2. The van der Waals surface area contributed by atoms with Crippen molar-refractivity contribution in [3.63, 3.8) is 0 Å². The number of fused-ring (bicyclic) bond motifs is 1. The van der Waals surface area contributed by atoms with Crippen molar-refractivity contribution in [2.45, 2.75) is 0 Å². The van der Waals surface area contributed by atoms with Gasteiger partial charge in [0.05, 0.1) is 10.7 Å². The van der Waals surface area contributed by atoms with Gasteiger partial charge < -0.3 is 15.2 Å². The Morgan fingerprint density at radius 3 is 3.17 bits per heavy atom. The quantitative estimate of drug-likeness (QED) is 0.648. The van der Waals surface area contributed by atoms with E-state index in [2.05, 4.69) is 5.32 Å². The van der Waals surface area contributed by atoms with Crippen molar-refractivity contribution in [2.75, 3.05) is 18.5 Å². The van der Waals surface area contributed by atoms with Gasteiger partial charge in [0.25, 0.3) is 0 Å². The van der Waals surface area contributed by atoms with Crippen molar-refractivity contribution in [2.24, 2.45) is 0 Å². The lowest BCUT2D eigenvalue weighted by molar-refractivity contribution is 0.322. The molecule has 0 radical (unpaired) electrons. The molecule has 0 atom stereocenters. The highest BCUT2D eigenvalue weighted by Crippen LogP contribution is 2.38. The van der Waals surface area contributed by atoms with E-state index in [1.807, 2.05) is 0 Å². The lowest BCUT2D eigenvalue weighted by Crippen LogP contribution is -2.18. The van der Waals surface area contributed by atoms with E-state index in [0.29, 0.717) is 17.4 Å². The van der Waals surface area contributed by atoms with Crippen LogP contribution in [0.3, 0.4) is 0 Å². The van der Waals surface area contributed by atoms with Crippen molar-refractivity contribution < 1.29 is 9.84 Å². The summed E-state index contributed by atoms with van der Waals surface area (Å²) in [6.45, 7) is 1.35. The Bertz CT molecular complexity index is 314. The summed E-state index contributed by atoms with van der Waals surface area (Å²) in [5, 5.41) is 12.7. The van der Waals surface area contributed by atoms with Crippen LogP contribution in [-0.4, -0.2) is 18.3 Å². The van der Waals surface area contributed by atoms with Gasteiger partial charge in [0.15, 0.2) is 5.75 Å². The van der Waals surface area contributed by atoms with Crippen molar-refractivity contribution in [3.05, 3.63) is 17.2 Å². The minimum absolute atomic E-state index is 0.150. The van der Waals surface area contributed by atoms with Crippen LogP contribution < -0.4 is 10.1 Å². The molecule has 0 bridgehead atoms. The first-order valence-corrected chi connectivity index (χ1v) is 4.04. The number of phenolic OH excluding ortho intramolecular Hbond substituents is 1. The monoisotopic (exact) mass is 185 g/mol. The maximum Gasteiger partial charge on any atom is 0.161 e. The average Bonchev–Trinajstić information content (AvgIpc) is 2.04. The number of aromatic hydroxyl groups is 1. The van der Waals surface area contributed by atoms with E-state index in [9.17, 15) is 5.11 Å². The molecule has 0 unspecified atom stereocenters. The predicted molar refractivity (Wildman–Crippen MR) is 47.1 cm³/mol. The maximum atomic E-state index is 9.19. The molecule has 0 aliphatic carbocycles. The predicted octanol–water partition coefficient (Wildman–Crippen LogP) is 1.85. The van der Waals surface area contributed by atoms with E-state index in [-0.39, 0.29) is 5.75 Å². The van der Waals surface area contributed by atoms with Crippen LogP contribution >= 0.6 is 11.6 Å². The second-order valence-corrected chi connectivity index (χ2v) is 2.99. The molecule has 1 aliphatic heterocycles. The van der Waals surface area contributed by atoms with E-state index in [1.165, 1.54) is 6.07 Å². The smallest absolute Gasteiger partial charge is 0.161 e. The SMILES string of the molecule is Oc1cc(Cl)c2c(c1)NCCO2. The number of phenols is 1. The van der Waals surface area contributed by atoms with Crippen LogP contribution in [0.15, 0.2) is 12.1 Å². The summed E-state index contributed by atoms with van der Waals surface area (Å²) in [5.74, 6) is 0.775. The third-order valence-corrected chi connectivity index (χ3v) is 1.97. The van der Waals surface area contributed by atoms with Crippen molar-refractivity contribution in [1.82, 2.24) is 0 Å². The van der Waals surface area contributed by atoms with E-state index in [0.717, 1.165) is 12.2 Å². The van der Waals surface area contributed by atoms with Gasteiger partial charge in [0.1, 0.15) is 12.4 Å². The molecule has 0 spiro atoms. The first kappa shape index (κ1) is 7.55. The molecule has 0 saturated carbocycles. The molecule has 64 valence electrons. The van der Waals surface area contributed by atoms with Crippen molar-refractivity contribution >= 4 is 17.3 Å². The van der Waals surface area contributed by atoms with E-state index in [1.54, 1.807) is 6.07 Å². The Kier molecular flexibility index (Phi) is 1.73. The van der Waals surface area contributed by atoms with Crippen LogP contribution in [0.1, 0.15) is 0 Å². The van der Waals surface area contributed by atoms with E-state index in [4.69, 9.17) is 16.3 Å². The molecule has 2 N–H and O–H groups in total. The summed E-state index contributed by atoms with van der Waals surface area (Å²) >= 11 is 5.82. The second kappa shape index (κ2) is 2.75. The largest absolute Gasteiger partial charge is 0.508 e. The molecule has 0 fully saturated rings. The van der Waals surface area contributed by atoms with Crippen LogP contribution in [0, 0.1) is 0 Å². The number of rotatable bonds is 0. The topological polar surface area (TPSA) is 41.5 Å². The summed E-state index contributed by atoms with van der Waals surface area (Å²) in [4.78, 5) is 0. The molecule has 1 aromatic rings. The molecular weight excluding hydrogens is 178 g/mol. The fraction of sp³-hybridized carbons (Fsp3) is 0.250. The molecule has 0 saturated heterocycles. The average molecular weight is 186 g/mol. The zero-order valence-corrected chi connectivity index (χ0v) is 7.06. The highest BCUT2D eigenvalue weighted by atomic mass is 35.5. The molecule has 3 nitrogen and oxygen atoms in total. The summed E-state index contributed by atoms with van der Waals surface area (Å²) in [6, 6.07) is 3.06.